The molecule has 198 valence electrons. The zero-order chi connectivity index (χ0) is 26.9. The van der Waals surface area contributed by atoms with Gasteiger partial charge in [0, 0.05) is 19.5 Å². The lowest BCUT2D eigenvalue weighted by atomic mass is 9.66. The summed E-state index contributed by atoms with van der Waals surface area (Å²) in [6.07, 6.45) is -4.05. The van der Waals surface area contributed by atoms with E-state index in [4.69, 9.17) is 14.7 Å². The number of nitrogens with one attached hydrogen (secondary N) is 1. The van der Waals surface area contributed by atoms with E-state index in [1.54, 1.807) is 13.8 Å². The summed E-state index contributed by atoms with van der Waals surface area (Å²) in [5, 5.41) is 11.9. The van der Waals surface area contributed by atoms with Crippen LogP contribution in [0.15, 0.2) is 18.2 Å². The van der Waals surface area contributed by atoms with Crippen molar-refractivity contribution >= 4 is 23.6 Å². The zero-order valence-electron chi connectivity index (χ0n) is 20.6. The smallest absolute Gasteiger partial charge is 0.417 e. The highest BCUT2D eigenvalue weighted by Crippen LogP contribution is 2.61. The van der Waals surface area contributed by atoms with Crippen molar-refractivity contribution in [3.63, 3.8) is 0 Å². The fourth-order valence-electron chi connectivity index (χ4n) is 6.44. The number of rotatable bonds is 3. The second-order valence-corrected chi connectivity index (χ2v) is 10.7. The molecule has 4 heterocycles. The molecule has 12 heteroatoms. The van der Waals surface area contributed by atoms with E-state index in [0.29, 0.717) is 18.9 Å². The molecule has 0 unspecified atom stereocenters. The molecule has 0 aliphatic carbocycles. The maximum Gasteiger partial charge on any atom is 0.417 e. The molecule has 4 aliphatic heterocycles. The molecule has 2 bridgehead atoms. The Morgan fingerprint density at radius 1 is 1.19 bits per heavy atom. The van der Waals surface area contributed by atoms with E-state index >= 15 is 0 Å². The van der Waals surface area contributed by atoms with Crippen LogP contribution in [0, 0.1) is 23.2 Å². The molecule has 3 amide bonds. The van der Waals surface area contributed by atoms with Gasteiger partial charge in [-0.2, -0.15) is 18.4 Å². The number of nitriles is 1. The number of ether oxygens (including phenoxy) is 2. The molecule has 4 saturated heterocycles. The number of imide groups is 1. The van der Waals surface area contributed by atoms with Gasteiger partial charge in [-0.15, -0.1) is 0 Å². The lowest BCUT2D eigenvalue weighted by Crippen LogP contribution is -2.56. The number of benzene rings is 1. The average molecular weight is 521 g/mol. The standard InChI is InChI=1S/C25H27F3N4O5/c1-23-11-17(30-22(35)36-15-6-8-31(3)9-7-15)24(2,37-23)19-18(23)20(33)32(21(19)34)14-5-4-13(12-29)16(10-14)25(26,27)28/h4-5,10,15,17-19H,6-9,11H2,1-3H3,(H,30,35)/t17-,18+,19-,23+,24-/m0/s1. The van der Waals surface area contributed by atoms with Crippen molar-refractivity contribution in [2.24, 2.45) is 11.8 Å². The summed E-state index contributed by atoms with van der Waals surface area (Å²) in [7, 11) is 1.99. The summed E-state index contributed by atoms with van der Waals surface area (Å²) in [5.41, 5.74) is -4.45. The highest BCUT2D eigenvalue weighted by Gasteiger charge is 2.76. The largest absolute Gasteiger partial charge is 0.446 e. The fraction of sp³-hybridized carbons (Fsp3) is 0.600. The number of hydrogen-bond acceptors (Lipinski definition) is 7. The molecule has 37 heavy (non-hydrogen) atoms. The van der Waals surface area contributed by atoms with Gasteiger partial charge in [0.25, 0.3) is 0 Å². The van der Waals surface area contributed by atoms with E-state index in [0.717, 1.165) is 30.1 Å². The molecule has 1 N–H and O–H groups in total. The molecule has 5 rings (SSSR count). The van der Waals surface area contributed by atoms with E-state index in [-0.39, 0.29) is 18.2 Å². The Balaban J connectivity index is 1.39. The van der Waals surface area contributed by atoms with Gasteiger partial charge in [-0.05, 0) is 51.9 Å². The number of piperidine rings is 1. The number of fused-ring (bicyclic) bond motifs is 5. The number of halogens is 3. The van der Waals surface area contributed by atoms with Gasteiger partial charge in [0.1, 0.15) is 6.10 Å². The number of amides is 3. The van der Waals surface area contributed by atoms with E-state index in [1.165, 1.54) is 6.07 Å². The average Bonchev–Trinajstić information content (AvgIpc) is 3.34. The fourth-order valence-corrected chi connectivity index (χ4v) is 6.44. The van der Waals surface area contributed by atoms with Crippen molar-refractivity contribution in [1.29, 1.82) is 5.26 Å². The molecular weight excluding hydrogens is 493 g/mol. The van der Waals surface area contributed by atoms with Gasteiger partial charge in [0.15, 0.2) is 0 Å². The number of hydrogen-bond donors (Lipinski definition) is 1. The van der Waals surface area contributed by atoms with Crippen molar-refractivity contribution < 1.29 is 37.0 Å². The van der Waals surface area contributed by atoms with Gasteiger partial charge in [-0.1, -0.05) is 0 Å². The quantitative estimate of drug-likeness (QED) is 0.610. The third-order valence-corrected chi connectivity index (χ3v) is 8.25. The van der Waals surface area contributed by atoms with Crippen LogP contribution < -0.4 is 10.2 Å². The number of likely N-dealkylation sites (tertiary alicyclic amines) is 1. The van der Waals surface area contributed by atoms with Crippen LogP contribution in [0.25, 0.3) is 0 Å². The van der Waals surface area contributed by atoms with Crippen LogP contribution in [0.4, 0.5) is 23.7 Å². The van der Waals surface area contributed by atoms with Crippen molar-refractivity contribution in [1.82, 2.24) is 10.2 Å². The van der Waals surface area contributed by atoms with Crippen LogP contribution in [0.2, 0.25) is 0 Å². The van der Waals surface area contributed by atoms with Crippen LogP contribution in [0.1, 0.15) is 44.2 Å². The third kappa shape index (κ3) is 3.95. The number of alkyl carbamates (subject to hydrolysis) is 1. The third-order valence-electron chi connectivity index (χ3n) is 8.25. The van der Waals surface area contributed by atoms with Crippen LogP contribution in [-0.2, 0) is 25.2 Å². The van der Waals surface area contributed by atoms with Crippen molar-refractivity contribution in [2.45, 2.75) is 62.6 Å². The molecule has 1 aromatic rings. The van der Waals surface area contributed by atoms with Crippen LogP contribution in [-0.4, -0.2) is 66.3 Å². The summed E-state index contributed by atoms with van der Waals surface area (Å²) in [4.78, 5) is 42.6. The Morgan fingerprint density at radius 2 is 1.84 bits per heavy atom. The minimum Gasteiger partial charge on any atom is -0.446 e. The highest BCUT2D eigenvalue weighted by atomic mass is 19.4. The molecule has 0 aromatic heterocycles. The number of nitrogens with zero attached hydrogens (tertiary/aromatic N) is 3. The number of alkyl halides is 3. The van der Waals surface area contributed by atoms with E-state index in [2.05, 4.69) is 10.2 Å². The predicted molar refractivity (Wildman–Crippen MR) is 122 cm³/mol. The second kappa shape index (κ2) is 8.43. The first kappa shape index (κ1) is 25.5. The number of carbonyl (C=O) groups is 3. The Kier molecular flexibility index (Phi) is 5.80. The van der Waals surface area contributed by atoms with Crippen LogP contribution >= 0.6 is 0 Å². The molecule has 9 nitrogen and oxygen atoms in total. The van der Waals surface area contributed by atoms with E-state index < -0.39 is 64.3 Å². The van der Waals surface area contributed by atoms with Crippen LogP contribution in [0.5, 0.6) is 0 Å². The van der Waals surface area contributed by atoms with E-state index in [1.807, 2.05) is 7.05 Å². The van der Waals surface area contributed by atoms with Gasteiger partial charge in [0.05, 0.1) is 52.0 Å². The first-order valence-electron chi connectivity index (χ1n) is 12.1. The van der Waals surface area contributed by atoms with Gasteiger partial charge < -0.3 is 19.7 Å². The topological polar surface area (TPSA) is 112 Å². The summed E-state index contributed by atoms with van der Waals surface area (Å²) in [6.45, 7) is 4.93. The summed E-state index contributed by atoms with van der Waals surface area (Å²) in [6, 6.07) is 3.61. The molecule has 1 aromatic carbocycles. The molecule has 0 radical (unpaired) electrons. The van der Waals surface area contributed by atoms with Crippen molar-refractivity contribution in [3.05, 3.63) is 29.3 Å². The Bertz CT molecular complexity index is 1210. The van der Waals surface area contributed by atoms with Gasteiger partial charge in [0.2, 0.25) is 11.8 Å². The molecule has 0 saturated carbocycles. The molecule has 4 aliphatic rings. The van der Waals surface area contributed by atoms with Gasteiger partial charge >= 0.3 is 12.3 Å². The lowest BCUT2D eigenvalue weighted by Gasteiger charge is -2.36. The number of anilines is 1. The monoisotopic (exact) mass is 520 g/mol. The Labute approximate surface area is 211 Å². The summed E-state index contributed by atoms with van der Waals surface area (Å²) < 4.78 is 52.4. The zero-order valence-corrected chi connectivity index (χ0v) is 20.6. The first-order chi connectivity index (χ1) is 17.3. The van der Waals surface area contributed by atoms with Crippen molar-refractivity contribution in [2.75, 3.05) is 25.0 Å². The molecule has 0 spiro atoms. The van der Waals surface area contributed by atoms with Gasteiger partial charge in [-0.3, -0.25) is 9.59 Å². The molecule has 5 atom stereocenters. The Hall–Kier alpha value is -3.17. The lowest BCUT2D eigenvalue weighted by molar-refractivity contribution is -0.138. The second-order valence-electron chi connectivity index (χ2n) is 10.7. The minimum atomic E-state index is -4.84. The van der Waals surface area contributed by atoms with Crippen molar-refractivity contribution in [3.8, 4) is 6.07 Å². The predicted octanol–water partition coefficient (Wildman–Crippen LogP) is 2.82. The number of carbonyl (C=O) groups excluding carboxylic acids is 3. The molecule has 4 fully saturated rings. The first-order valence-corrected chi connectivity index (χ1v) is 12.1. The minimum absolute atomic E-state index is 0.226. The molecular formula is C25H27F3N4O5. The van der Waals surface area contributed by atoms with Crippen LogP contribution in [0.3, 0.4) is 0 Å². The Morgan fingerprint density at radius 3 is 2.46 bits per heavy atom. The van der Waals surface area contributed by atoms with Gasteiger partial charge in [-0.25, -0.2) is 9.69 Å². The highest BCUT2D eigenvalue weighted by molar-refractivity contribution is 6.23. The maximum atomic E-state index is 13.6. The normalized spacial score (nSPS) is 34.0. The summed E-state index contributed by atoms with van der Waals surface area (Å²) in [5.74, 6) is -3.28. The van der Waals surface area contributed by atoms with E-state index in [9.17, 15) is 27.6 Å². The summed E-state index contributed by atoms with van der Waals surface area (Å²) >= 11 is 0. The maximum absolute atomic E-state index is 13.6. The SMILES string of the molecule is CN1CCC(OC(=O)N[C@H]2C[C@@]3(C)O[C@]2(C)[C@@H]2C(=O)N(c4ccc(C#N)c(C(F)(F)F)c4)C(=O)[C@@H]23)CC1.